The fraction of sp³-hybridized carbons (Fsp3) is 0.269. The normalized spacial score (nSPS) is 15.4. The van der Waals surface area contributed by atoms with Gasteiger partial charge in [0.25, 0.3) is 0 Å². The number of piperazine rings is 1. The first kappa shape index (κ1) is 29.1. The van der Waals surface area contributed by atoms with Crippen LogP contribution < -0.4 is 5.32 Å². The van der Waals surface area contributed by atoms with Gasteiger partial charge in [-0.05, 0) is 73.3 Å². The zero-order valence-corrected chi connectivity index (χ0v) is 23.5. The molecule has 1 heterocycles. The third-order valence-corrected chi connectivity index (χ3v) is 10.3. The maximum Gasteiger partial charge on any atom is 0.243 e. The van der Waals surface area contributed by atoms with Gasteiger partial charge in [-0.3, -0.25) is 4.79 Å². The average molecular weight is 595 g/mol. The van der Waals surface area contributed by atoms with Gasteiger partial charge >= 0.3 is 0 Å². The molecular formula is C26H28ClFN4O5S2. The first-order chi connectivity index (χ1) is 18.4. The Labute approximate surface area is 232 Å². The van der Waals surface area contributed by atoms with Crippen molar-refractivity contribution < 1.29 is 26.0 Å². The molecule has 0 aliphatic carbocycles. The van der Waals surface area contributed by atoms with Crippen molar-refractivity contribution in [3.8, 4) is 0 Å². The molecule has 208 valence electrons. The highest BCUT2D eigenvalue weighted by Crippen LogP contribution is 2.22. The second kappa shape index (κ2) is 12.1. The number of hydrogen-bond acceptors (Lipinski definition) is 6. The van der Waals surface area contributed by atoms with Gasteiger partial charge in [-0.15, -0.1) is 0 Å². The standard InChI is InChI=1S/C26H28ClFN4O5S2/c1-30-14-16-31(17-15-30)38(34,35)25-12-8-23(9-13-25)29-26(33)19-32(18-20-2-6-22(28)7-3-20)39(36,37)24-10-4-21(27)5-11-24/h2-13H,14-19H2,1H3,(H,29,33). The molecule has 0 spiro atoms. The summed E-state index contributed by atoms with van der Waals surface area (Å²) in [6.45, 7) is 1.35. The molecule has 1 saturated heterocycles. The summed E-state index contributed by atoms with van der Waals surface area (Å²) in [6.07, 6.45) is 0. The molecule has 13 heteroatoms. The van der Waals surface area contributed by atoms with Crippen LogP contribution in [-0.2, 0) is 31.4 Å². The van der Waals surface area contributed by atoms with Crippen LogP contribution in [0.25, 0.3) is 0 Å². The summed E-state index contributed by atoms with van der Waals surface area (Å²) >= 11 is 5.90. The van der Waals surface area contributed by atoms with E-state index in [-0.39, 0.29) is 16.3 Å². The van der Waals surface area contributed by atoms with Gasteiger partial charge in [0.05, 0.1) is 16.3 Å². The Bertz CT molecular complexity index is 1510. The number of carbonyl (C=O) groups is 1. The molecule has 1 fully saturated rings. The second-order valence-corrected chi connectivity index (χ2v) is 13.4. The predicted molar refractivity (Wildman–Crippen MR) is 147 cm³/mol. The van der Waals surface area contributed by atoms with Crippen LogP contribution in [0, 0.1) is 5.82 Å². The molecule has 1 aliphatic heterocycles. The molecule has 0 radical (unpaired) electrons. The molecule has 0 aromatic heterocycles. The number of nitrogens with one attached hydrogen (secondary N) is 1. The fourth-order valence-electron chi connectivity index (χ4n) is 4.02. The maximum atomic E-state index is 13.4. The molecule has 4 rings (SSSR count). The van der Waals surface area contributed by atoms with Gasteiger partial charge in [0, 0.05) is 43.4 Å². The van der Waals surface area contributed by atoms with Crippen LogP contribution in [0.3, 0.4) is 0 Å². The summed E-state index contributed by atoms with van der Waals surface area (Å²) in [5, 5.41) is 2.98. The molecule has 9 nitrogen and oxygen atoms in total. The lowest BCUT2D eigenvalue weighted by atomic mass is 10.2. The number of halogens is 2. The molecule has 1 aliphatic rings. The summed E-state index contributed by atoms with van der Waals surface area (Å²) < 4.78 is 68.5. The molecular weight excluding hydrogens is 567 g/mol. The molecule has 0 bridgehead atoms. The van der Waals surface area contributed by atoms with Crippen LogP contribution in [0.2, 0.25) is 5.02 Å². The number of nitrogens with zero attached hydrogens (tertiary/aromatic N) is 3. The van der Waals surface area contributed by atoms with Crippen molar-refractivity contribution in [1.29, 1.82) is 0 Å². The van der Waals surface area contributed by atoms with Crippen molar-refractivity contribution in [2.75, 3.05) is 45.1 Å². The average Bonchev–Trinajstić information content (AvgIpc) is 2.90. The van der Waals surface area contributed by atoms with Crippen LogP contribution in [0.1, 0.15) is 5.56 Å². The van der Waals surface area contributed by atoms with Gasteiger partial charge < -0.3 is 10.2 Å². The van der Waals surface area contributed by atoms with E-state index in [1.807, 2.05) is 7.05 Å². The Morgan fingerprint density at radius 2 is 1.44 bits per heavy atom. The van der Waals surface area contributed by atoms with Gasteiger partial charge in [-0.1, -0.05) is 23.7 Å². The first-order valence-corrected chi connectivity index (χ1v) is 15.3. The largest absolute Gasteiger partial charge is 0.325 e. The molecule has 3 aromatic rings. The lowest BCUT2D eigenvalue weighted by molar-refractivity contribution is -0.116. The van der Waals surface area contributed by atoms with Crippen LogP contribution in [-0.4, -0.2) is 76.0 Å². The topological polar surface area (TPSA) is 107 Å². The highest BCUT2D eigenvalue weighted by Gasteiger charge is 2.29. The van der Waals surface area contributed by atoms with E-state index in [0.29, 0.717) is 42.5 Å². The van der Waals surface area contributed by atoms with Crippen molar-refractivity contribution in [3.63, 3.8) is 0 Å². The summed E-state index contributed by atoms with van der Waals surface area (Å²) in [4.78, 5) is 15.0. The van der Waals surface area contributed by atoms with Gasteiger partial charge in [0.1, 0.15) is 5.82 Å². The Morgan fingerprint density at radius 3 is 2.03 bits per heavy atom. The second-order valence-electron chi connectivity index (χ2n) is 9.13. The number of amides is 1. The van der Waals surface area contributed by atoms with Crippen LogP contribution >= 0.6 is 11.6 Å². The first-order valence-electron chi connectivity index (χ1n) is 12.0. The highest BCUT2D eigenvalue weighted by atomic mass is 35.5. The van der Waals surface area contributed by atoms with E-state index in [0.717, 1.165) is 4.31 Å². The van der Waals surface area contributed by atoms with Gasteiger partial charge in [-0.2, -0.15) is 8.61 Å². The van der Waals surface area contributed by atoms with E-state index < -0.39 is 38.3 Å². The van der Waals surface area contributed by atoms with Crippen LogP contribution in [0.15, 0.2) is 82.6 Å². The van der Waals surface area contributed by atoms with Crippen molar-refractivity contribution >= 4 is 43.2 Å². The SMILES string of the molecule is CN1CCN(S(=O)(=O)c2ccc(NC(=O)CN(Cc3ccc(F)cc3)S(=O)(=O)c3ccc(Cl)cc3)cc2)CC1. The van der Waals surface area contributed by atoms with Crippen LogP contribution in [0.4, 0.5) is 10.1 Å². The lowest BCUT2D eigenvalue weighted by Gasteiger charge is -2.31. The highest BCUT2D eigenvalue weighted by molar-refractivity contribution is 7.89. The van der Waals surface area contributed by atoms with Crippen LogP contribution in [0.5, 0.6) is 0 Å². The number of rotatable bonds is 9. The Hall–Kier alpha value is -2.87. The number of carbonyl (C=O) groups excluding carboxylic acids is 1. The smallest absolute Gasteiger partial charge is 0.243 e. The number of hydrogen-bond donors (Lipinski definition) is 1. The maximum absolute atomic E-state index is 13.4. The van der Waals surface area contributed by atoms with Gasteiger partial charge in [0.2, 0.25) is 26.0 Å². The Kier molecular flexibility index (Phi) is 9.04. The van der Waals surface area contributed by atoms with E-state index >= 15 is 0 Å². The summed E-state index contributed by atoms with van der Waals surface area (Å²) in [5.74, 6) is -1.11. The lowest BCUT2D eigenvalue weighted by Crippen LogP contribution is -2.46. The molecule has 0 unspecified atom stereocenters. The third-order valence-electron chi connectivity index (χ3n) is 6.28. The predicted octanol–water partition coefficient (Wildman–Crippen LogP) is 3.24. The van der Waals surface area contributed by atoms with Crippen molar-refractivity contribution in [3.05, 3.63) is 89.2 Å². The van der Waals surface area contributed by atoms with Gasteiger partial charge in [0.15, 0.2) is 0 Å². The summed E-state index contributed by atoms with van der Waals surface area (Å²) in [6, 6.07) is 16.6. The number of likely N-dealkylation sites (N-methyl/N-ethyl adjacent to an activating group) is 1. The summed E-state index contributed by atoms with van der Waals surface area (Å²) in [5.41, 5.74) is 0.795. The van der Waals surface area contributed by atoms with E-state index in [4.69, 9.17) is 11.6 Å². The molecule has 0 atom stereocenters. The molecule has 1 N–H and O–H groups in total. The Balaban J connectivity index is 1.49. The minimum absolute atomic E-state index is 0.0553. The molecule has 39 heavy (non-hydrogen) atoms. The van der Waals surface area contributed by atoms with Crippen molar-refractivity contribution in [2.45, 2.75) is 16.3 Å². The number of anilines is 1. The zero-order chi connectivity index (χ0) is 28.2. The van der Waals surface area contributed by atoms with Gasteiger partial charge in [-0.25, -0.2) is 21.2 Å². The van der Waals surface area contributed by atoms with Crippen molar-refractivity contribution in [1.82, 2.24) is 13.5 Å². The third kappa shape index (κ3) is 7.21. The van der Waals surface area contributed by atoms with Crippen molar-refractivity contribution in [2.24, 2.45) is 0 Å². The zero-order valence-electron chi connectivity index (χ0n) is 21.1. The monoisotopic (exact) mass is 594 g/mol. The summed E-state index contributed by atoms with van der Waals surface area (Å²) in [7, 11) is -5.86. The quantitative estimate of drug-likeness (QED) is 0.408. The fourth-order valence-corrected chi connectivity index (χ4v) is 6.96. The number of benzene rings is 3. The molecule has 3 aromatic carbocycles. The molecule has 1 amide bonds. The Morgan fingerprint density at radius 1 is 0.872 bits per heavy atom. The molecule has 0 saturated carbocycles. The van der Waals surface area contributed by atoms with E-state index in [9.17, 15) is 26.0 Å². The minimum Gasteiger partial charge on any atom is -0.325 e. The van der Waals surface area contributed by atoms with E-state index in [1.54, 1.807) is 0 Å². The van der Waals surface area contributed by atoms with E-state index in [2.05, 4.69) is 10.2 Å². The van der Waals surface area contributed by atoms with E-state index in [1.165, 1.54) is 77.1 Å². The minimum atomic E-state index is -4.12. The number of sulfonamides is 2.